The van der Waals surface area contributed by atoms with Gasteiger partial charge in [-0.15, -0.1) is 0 Å². The van der Waals surface area contributed by atoms with Gasteiger partial charge in [0, 0.05) is 18.8 Å². The molecule has 0 aromatic heterocycles. The fraction of sp³-hybridized carbons (Fsp3) is 0.600. The van der Waals surface area contributed by atoms with Gasteiger partial charge in [0.2, 0.25) is 0 Å². The molecule has 0 saturated carbocycles. The molecule has 1 aromatic carbocycles. The molecule has 2 rings (SSSR count). The maximum Gasteiger partial charge on any atom is 0.157 e. The Morgan fingerprint density at radius 3 is 2.90 bits per heavy atom. The predicted molar refractivity (Wildman–Crippen MR) is 83.7 cm³/mol. The molecule has 3 nitrogen and oxygen atoms in total. The minimum atomic E-state index is -0.0243. The van der Waals surface area contributed by atoms with Crippen LogP contribution in [0, 0.1) is 0 Å². The third-order valence-corrected chi connectivity index (χ3v) is 4.06. The summed E-state index contributed by atoms with van der Waals surface area (Å²) in [5, 5.41) is 4.46. The van der Waals surface area contributed by atoms with E-state index in [1.54, 1.807) is 6.07 Å². The van der Waals surface area contributed by atoms with Gasteiger partial charge >= 0.3 is 0 Å². The smallest absolute Gasteiger partial charge is 0.157 e. The Balaban J connectivity index is 1.67. The Bertz CT molecular complexity index is 422. The molecule has 112 valence electrons. The molecule has 1 saturated heterocycles. The highest BCUT2D eigenvalue weighted by atomic mass is 35.5. The fourth-order valence-corrected chi connectivity index (χ4v) is 2.47. The summed E-state index contributed by atoms with van der Waals surface area (Å²) >= 11 is 11.9. The van der Waals surface area contributed by atoms with E-state index in [2.05, 4.69) is 12.2 Å². The molecule has 0 radical (unpaired) electrons. The summed E-state index contributed by atoms with van der Waals surface area (Å²) in [5.41, 5.74) is 0.973. The Morgan fingerprint density at radius 1 is 1.35 bits per heavy atom. The van der Waals surface area contributed by atoms with Crippen LogP contribution in [-0.2, 0) is 9.47 Å². The van der Waals surface area contributed by atoms with Gasteiger partial charge in [0.25, 0.3) is 0 Å². The molecule has 1 heterocycles. The van der Waals surface area contributed by atoms with E-state index in [0.717, 1.165) is 38.1 Å². The summed E-state index contributed by atoms with van der Waals surface area (Å²) in [5.74, 6) is 0. The average Bonchev–Trinajstić information content (AvgIpc) is 2.44. The van der Waals surface area contributed by atoms with Crippen LogP contribution in [0.4, 0.5) is 5.69 Å². The van der Waals surface area contributed by atoms with Crippen LogP contribution in [-0.4, -0.2) is 25.5 Å². The predicted octanol–water partition coefficient (Wildman–Crippen LogP) is 4.73. The van der Waals surface area contributed by atoms with Gasteiger partial charge in [-0.25, -0.2) is 0 Å². The van der Waals surface area contributed by atoms with Crippen molar-refractivity contribution < 1.29 is 9.47 Å². The largest absolute Gasteiger partial charge is 0.385 e. The number of rotatable bonds is 6. The summed E-state index contributed by atoms with van der Waals surface area (Å²) in [6.07, 6.45) is 4.41. The van der Waals surface area contributed by atoms with Gasteiger partial charge < -0.3 is 14.8 Å². The molecule has 0 aliphatic carbocycles. The molecule has 2 atom stereocenters. The summed E-state index contributed by atoms with van der Waals surface area (Å²) < 4.78 is 11.4. The monoisotopic (exact) mass is 317 g/mol. The highest BCUT2D eigenvalue weighted by Crippen LogP contribution is 2.25. The molecular formula is C15H21Cl2NO2. The fourth-order valence-electron chi connectivity index (χ4n) is 2.17. The first-order chi connectivity index (χ1) is 9.65. The molecule has 0 amide bonds. The zero-order valence-electron chi connectivity index (χ0n) is 11.7. The lowest BCUT2D eigenvalue weighted by molar-refractivity contribution is -0.184. The molecule has 5 heteroatoms. The van der Waals surface area contributed by atoms with Gasteiger partial charge in [-0.2, -0.15) is 0 Å². The van der Waals surface area contributed by atoms with Gasteiger partial charge in [-0.3, -0.25) is 0 Å². The molecule has 0 bridgehead atoms. The number of nitrogens with one attached hydrogen (secondary N) is 1. The third kappa shape index (κ3) is 5.13. The van der Waals surface area contributed by atoms with Crippen LogP contribution in [0.25, 0.3) is 0 Å². The van der Waals surface area contributed by atoms with E-state index >= 15 is 0 Å². The number of ether oxygens (including phenoxy) is 2. The summed E-state index contributed by atoms with van der Waals surface area (Å²) in [7, 11) is 0. The lowest BCUT2D eigenvalue weighted by Gasteiger charge is -2.26. The summed E-state index contributed by atoms with van der Waals surface area (Å²) in [4.78, 5) is 0. The van der Waals surface area contributed by atoms with E-state index in [1.807, 2.05) is 12.1 Å². The van der Waals surface area contributed by atoms with Crippen molar-refractivity contribution in [2.24, 2.45) is 0 Å². The average molecular weight is 318 g/mol. The minimum Gasteiger partial charge on any atom is -0.385 e. The van der Waals surface area contributed by atoms with Crippen molar-refractivity contribution in [3.05, 3.63) is 28.2 Å². The quantitative estimate of drug-likeness (QED) is 0.823. The first-order valence-electron chi connectivity index (χ1n) is 7.11. The first-order valence-corrected chi connectivity index (χ1v) is 7.87. The minimum absolute atomic E-state index is 0.0243. The maximum absolute atomic E-state index is 5.97. The van der Waals surface area contributed by atoms with Gasteiger partial charge in [-0.1, -0.05) is 23.2 Å². The lowest BCUT2D eigenvalue weighted by atomic mass is 10.2. The molecular weight excluding hydrogens is 297 g/mol. The maximum atomic E-state index is 5.97. The Kier molecular flexibility index (Phi) is 6.43. The number of hydrogen-bond acceptors (Lipinski definition) is 3. The second kappa shape index (κ2) is 8.08. The van der Waals surface area contributed by atoms with Gasteiger partial charge in [0.05, 0.1) is 16.1 Å². The van der Waals surface area contributed by atoms with E-state index in [1.165, 1.54) is 6.42 Å². The number of halogens is 2. The van der Waals surface area contributed by atoms with Crippen LogP contribution >= 0.6 is 23.2 Å². The van der Waals surface area contributed by atoms with Crippen LogP contribution < -0.4 is 5.32 Å². The van der Waals surface area contributed by atoms with Crippen LogP contribution in [0.15, 0.2) is 18.2 Å². The molecule has 1 fully saturated rings. The number of hydrogen-bond donors (Lipinski definition) is 1. The topological polar surface area (TPSA) is 30.5 Å². The lowest BCUT2D eigenvalue weighted by Crippen LogP contribution is -2.27. The second-order valence-electron chi connectivity index (χ2n) is 5.09. The van der Waals surface area contributed by atoms with Gasteiger partial charge in [-0.05, 0) is 50.8 Å². The zero-order chi connectivity index (χ0) is 14.4. The Morgan fingerprint density at radius 2 is 2.20 bits per heavy atom. The van der Waals surface area contributed by atoms with Crippen molar-refractivity contribution in [2.75, 3.05) is 18.5 Å². The molecule has 0 spiro atoms. The molecule has 2 unspecified atom stereocenters. The molecule has 1 aromatic rings. The van der Waals surface area contributed by atoms with E-state index in [9.17, 15) is 0 Å². The van der Waals surface area contributed by atoms with Crippen molar-refractivity contribution in [3.63, 3.8) is 0 Å². The standard InChI is InChI=1S/C15H21Cl2NO2/c1-11(20-15-4-2-3-9-19-15)7-8-18-12-5-6-13(16)14(17)10-12/h5-6,10-11,15,18H,2-4,7-9H2,1H3. The third-order valence-electron chi connectivity index (χ3n) is 3.32. The normalized spacial score (nSPS) is 20.6. The van der Waals surface area contributed by atoms with E-state index < -0.39 is 0 Å². The van der Waals surface area contributed by atoms with E-state index in [0.29, 0.717) is 10.0 Å². The Hall–Kier alpha value is -0.480. The highest BCUT2D eigenvalue weighted by Gasteiger charge is 2.16. The van der Waals surface area contributed by atoms with Crippen molar-refractivity contribution in [3.8, 4) is 0 Å². The SMILES string of the molecule is CC(CCNc1ccc(Cl)c(Cl)c1)OC1CCCCO1. The van der Waals surface area contributed by atoms with E-state index in [4.69, 9.17) is 32.7 Å². The van der Waals surface area contributed by atoms with Crippen molar-refractivity contribution >= 4 is 28.9 Å². The number of benzene rings is 1. The molecule has 1 aliphatic rings. The van der Waals surface area contributed by atoms with Crippen molar-refractivity contribution in [1.82, 2.24) is 0 Å². The second-order valence-corrected chi connectivity index (χ2v) is 5.90. The van der Waals surface area contributed by atoms with Gasteiger partial charge in [0.1, 0.15) is 0 Å². The van der Waals surface area contributed by atoms with Crippen molar-refractivity contribution in [2.45, 2.75) is 45.0 Å². The van der Waals surface area contributed by atoms with Crippen LogP contribution in [0.2, 0.25) is 10.0 Å². The number of anilines is 1. The Labute approximate surface area is 130 Å². The van der Waals surface area contributed by atoms with Crippen LogP contribution in [0.5, 0.6) is 0 Å². The molecule has 20 heavy (non-hydrogen) atoms. The first kappa shape index (κ1) is 15.9. The zero-order valence-corrected chi connectivity index (χ0v) is 13.2. The molecule has 1 aliphatic heterocycles. The summed E-state index contributed by atoms with van der Waals surface area (Å²) in [6, 6.07) is 5.55. The highest BCUT2D eigenvalue weighted by molar-refractivity contribution is 6.42. The molecule has 1 N–H and O–H groups in total. The van der Waals surface area contributed by atoms with Crippen molar-refractivity contribution in [1.29, 1.82) is 0 Å². The van der Waals surface area contributed by atoms with Crippen LogP contribution in [0.3, 0.4) is 0 Å². The van der Waals surface area contributed by atoms with E-state index in [-0.39, 0.29) is 12.4 Å². The summed E-state index contributed by atoms with van der Waals surface area (Å²) in [6.45, 7) is 3.72. The van der Waals surface area contributed by atoms with Gasteiger partial charge in [0.15, 0.2) is 6.29 Å². The van der Waals surface area contributed by atoms with Crippen LogP contribution in [0.1, 0.15) is 32.6 Å².